The fraction of sp³-hybridized carbons (Fsp3) is 0.571. The maximum Gasteiger partial charge on any atom is 0.120 e. The average Bonchev–Trinajstić information content (AvgIpc) is 2.61. The Labute approximate surface area is 103 Å². The van der Waals surface area contributed by atoms with E-state index in [9.17, 15) is 5.11 Å². The van der Waals surface area contributed by atoms with Crippen LogP contribution in [0.5, 0.6) is 11.5 Å². The van der Waals surface area contributed by atoms with Crippen LogP contribution in [0.1, 0.15) is 25.8 Å². The number of benzene rings is 1. The van der Waals surface area contributed by atoms with Crippen LogP contribution in [0.15, 0.2) is 18.2 Å². The summed E-state index contributed by atoms with van der Waals surface area (Å²) in [5.74, 6) is 1.16. The molecule has 0 spiro atoms. The Bertz CT molecular complexity index is 401. The van der Waals surface area contributed by atoms with Crippen LogP contribution in [0.25, 0.3) is 0 Å². The first-order valence-corrected chi connectivity index (χ1v) is 6.08. The third-order valence-electron chi connectivity index (χ3n) is 3.44. The zero-order valence-corrected chi connectivity index (χ0v) is 10.9. The molecule has 94 valence electrons. The van der Waals surface area contributed by atoms with Crippen LogP contribution in [-0.2, 0) is 6.54 Å². The number of nitrogens with zero attached hydrogens (tertiary/aromatic N) is 1. The Kier molecular flexibility index (Phi) is 3.29. The first-order valence-electron chi connectivity index (χ1n) is 6.08. The third-order valence-corrected chi connectivity index (χ3v) is 3.44. The molecule has 0 saturated carbocycles. The van der Waals surface area contributed by atoms with E-state index in [2.05, 4.69) is 18.7 Å². The SMILES string of the molecule is COc1ccc(O)c(CN2CCC(C)(C)C2)c1. The van der Waals surface area contributed by atoms with E-state index >= 15 is 0 Å². The molecule has 1 aliphatic heterocycles. The van der Waals surface area contributed by atoms with E-state index in [1.54, 1.807) is 19.2 Å². The number of phenols is 1. The van der Waals surface area contributed by atoms with Gasteiger partial charge in [-0.05, 0) is 36.6 Å². The van der Waals surface area contributed by atoms with E-state index in [0.29, 0.717) is 11.2 Å². The summed E-state index contributed by atoms with van der Waals surface area (Å²) < 4.78 is 5.19. The van der Waals surface area contributed by atoms with Gasteiger partial charge in [0.2, 0.25) is 0 Å². The van der Waals surface area contributed by atoms with Crippen LogP contribution in [-0.4, -0.2) is 30.2 Å². The van der Waals surface area contributed by atoms with Crippen LogP contribution in [0.4, 0.5) is 0 Å². The van der Waals surface area contributed by atoms with Crippen molar-refractivity contribution in [2.45, 2.75) is 26.8 Å². The van der Waals surface area contributed by atoms with Gasteiger partial charge in [-0.1, -0.05) is 13.8 Å². The third kappa shape index (κ3) is 2.91. The van der Waals surface area contributed by atoms with Crippen molar-refractivity contribution in [1.29, 1.82) is 0 Å². The highest BCUT2D eigenvalue weighted by Crippen LogP contribution is 2.31. The largest absolute Gasteiger partial charge is 0.508 e. The molecular formula is C14H21NO2. The molecule has 0 bridgehead atoms. The molecule has 1 saturated heterocycles. The number of likely N-dealkylation sites (tertiary alicyclic amines) is 1. The Morgan fingerprint density at radius 2 is 2.18 bits per heavy atom. The minimum atomic E-state index is 0.357. The second-order valence-electron chi connectivity index (χ2n) is 5.62. The molecule has 0 amide bonds. The molecule has 1 fully saturated rings. The van der Waals surface area contributed by atoms with Crippen molar-refractivity contribution in [3.63, 3.8) is 0 Å². The first-order chi connectivity index (χ1) is 8.00. The number of methoxy groups -OCH3 is 1. The molecule has 0 radical (unpaired) electrons. The highest BCUT2D eigenvalue weighted by Gasteiger charge is 2.29. The summed E-state index contributed by atoms with van der Waals surface area (Å²) in [5.41, 5.74) is 1.34. The van der Waals surface area contributed by atoms with Gasteiger partial charge in [-0.2, -0.15) is 0 Å². The summed E-state index contributed by atoms with van der Waals surface area (Å²) in [4.78, 5) is 2.38. The summed E-state index contributed by atoms with van der Waals surface area (Å²) in [6.07, 6.45) is 1.22. The fourth-order valence-electron chi connectivity index (χ4n) is 2.42. The van der Waals surface area contributed by atoms with Crippen molar-refractivity contribution >= 4 is 0 Å². The predicted molar refractivity (Wildman–Crippen MR) is 68.3 cm³/mol. The molecule has 1 aromatic rings. The number of phenolic OH excluding ortho intramolecular Hbond substituents is 1. The van der Waals surface area contributed by atoms with Gasteiger partial charge in [0.1, 0.15) is 11.5 Å². The van der Waals surface area contributed by atoms with Gasteiger partial charge in [0, 0.05) is 18.7 Å². The molecular weight excluding hydrogens is 214 g/mol. The quantitative estimate of drug-likeness (QED) is 0.874. The second-order valence-corrected chi connectivity index (χ2v) is 5.62. The molecule has 17 heavy (non-hydrogen) atoms. The Morgan fingerprint density at radius 1 is 1.41 bits per heavy atom. The number of ether oxygens (including phenoxy) is 1. The van der Waals surface area contributed by atoms with Crippen molar-refractivity contribution in [2.24, 2.45) is 5.41 Å². The van der Waals surface area contributed by atoms with Crippen molar-refractivity contribution in [3.8, 4) is 11.5 Å². The zero-order chi connectivity index (χ0) is 12.5. The van der Waals surface area contributed by atoms with Crippen molar-refractivity contribution < 1.29 is 9.84 Å². The van der Waals surface area contributed by atoms with E-state index in [-0.39, 0.29) is 0 Å². The minimum absolute atomic E-state index is 0.357. The van der Waals surface area contributed by atoms with Gasteiger partial charge in [-0.15, -0.1) is 0 Å². The Morgan fingerprint density at radius 3 is 2.76 bits per heavy atom. The summed E-state index contributed by atoms with van der Waals surface area (Å²) in [6.45, 7) is 7.57. The second kappa shape index (κ2) is 4.57. The lowest BCUT2D eigenvalue weighted by Crippen LogP contribution is -2.22. The summed E-state index contributed by atoms with van der Waals surface area (Å²) in [5, 5.41) is 9.84. The lowest BCUT2D eigenvalue weighted by molar-refractivity contribution is 0.280. The molecule has 1 heterocycles. The van der Waals surface area contributed by atoms with E-state index in [1.165, 1.54) is 6.42 Å². The summed E-state index contributed by atoms with van der Waals surface area (Å²) >= 11 is 0. The van der Waals surface area contributed by atoms with E-state index < -0.39 is 0 Å². The molecule has 1 aromatic carbocycles. The van der Waals surface area contributed by atoms with Crippen molar-refractivity contribution in [2.75, 3.05) is 20.2 Å². The normalized spacial score (nSPS) is 19.5. The van der Waals surface area contributed by atoms with Gasteiger partial charge in [0.15, 0.2) is 0 Å². The smallest absolute Gasteiger partial charge is 0.120 e. The highest BCUT2D eigenvalue weighted by atomic mass is 16.5. The van der Waals surface area contributed by atoms with Crippen LogP contribution in [0.3, 0.4) is 0 Å². The molecule has 3 heteroatoms. The monoisotopic (exact) mass is 235 g/mol. The number of aromatic hydroxyl groups is 1. The molecule has 1 aliphatic rings. The van der Waals surface area contributed by atoms with Gasteiger partial charge < -0.3 is 9.84 Å². The summed E-state index contributed by atoms with van der Waals surface area (Å²) in [6, 6.07) is 5.41. The first kappa shape index (κ1) is 12.2. The number of hydrogen-bond acceptors (Lipinski definition) is 3. The maximum absolute atomic E-state index is 9.84. The number of hydrogen-bond donors (Lipinski definition) is 1. The molecule has 3 nitrogen and oxygen atoms in total. The maximum atomic E-state index is 9.84. The highest BCUT2D eigenvalue weighted by molar-refractivity contribution is 5.39. The molecule has 0 aromatic heterocycles. The molecule has 0 unspecified atom stereocenters. The zero-order valence-electron chi connectivity index (χ0n) is 10.9. The van der Waals surface area contributed by atoms with Crippen LogP contribution >= 0.6 is 0 Å². The van der Waals surface area contributed by atoms with E-state index in [0.717, 1.165) is 30.9 Å². The Balaban J connectivity index is 2.08. The van der Waals surface area contributed by atoms with Crippen molar-refractivity contribution in [1.82, 2.24) is 4.90 Å². The molecule has 0 atom stereocenters. The predicted octanol–water partition coefficient (Wildman–Crippen LogP) is 2.63. The van der Waals surface area contributed by atoms with E-state index in [4.69, 9.17) is 4.74 Å². The van der Waals surface area contributed by atoms with Gasteiger partial charge in [-0.3, -0.25) is 4.90 Å². The average molecular weight is 235 g/mol. The van der Waals surface area contributed by atoms with Crippen LogP contribution in [0.2, 0.25) is 0 Å². The van der Waals surface area contributed by atoms with Crippen LogP contribution in [0, 0.1) is 5.41 Å². The lowest BCUT2D eigenvalue weighted by Gasteiger charge is -2.20. The van der Waals surface area contributed by atoms with Gasteiger partial charge >= 0.3 is 0 Å². The van der Waals surface area contributed by atoms with Crippen molar-refractivity contribution in [3.05, 3.63) is 23.8 Å². The minimum Gasteiger partial charge on any atom is -0.508 e. The molecule has 1 N–H and O–H groups in total. The molecule has 0 aliphatic carbocycles. The number of rotatable bonds is 3. The topological polar surface area (TPSA) is 32.7 Å². The van der Waals surface area contributed by atoms with Gasteiger partial charge in [0.25, 0.3) is 0 Å². The van der Waals surface area contributed by atoms with E-state index in [1.807, 2.05) is 6.07 Å². The van der Waals surface area contributed by atoms with Gasteiger partial charge in [0.05, 0.1) is 7.11 Å². The van der Waals surface area contributed by atoms with Crippen LogP contribution < -0.4 is 4.74 Å². The lowest BCUT2D eigenvalue weighted by atomic mass is 9.93. The standard InChI is InChI=1S/C14H21NO2/c1-14(2)6-7-15(10-14)9-11-8-12(17-3)4-5-13(11)16/h4-5,8,16H,6-7,9-10H2,1-3H3. The molecule has 2 rings (SSSR count). The van der Waals surface area contributed by atoms with Gasteiger partial charge in [-0.25, -0.2) is 0 Å². The fourth-order valence-corrected chi connectivity index (χ4v) is 2.42. The Hall–Kier alpha value is -1.22. The summed E-state index contributed by atoms with van der Waals surface area (Å²) in [7, 11) is 1.65.